The molecular formula is C16H18BrN5O. The van der Waals surface area contributed by atoms with Crippen molar-refractivity contribution in [3.8, 4) is 0 Å². The van der Waals surface area contributed by atoms with Crippen molar-refractivity contribution in [1.82, 2.24) is 24.3 Å². The number of rotatable bonds is 5. The fourth-order valence-corrected chi connectivity index (χ4v) is 3.17. The highest BCUT2D eigenvalue weighted by Gasteiger charge is 2.17. The summed E-state index contributed by atoms with van der Waals surface area (Å²) in [7, 11) is 0. The summed E-state index contributed by atoms with van der Waals surface area (Å²) in [6.45, 7) is 5.29. The lowest BCUT2D eigenvalue weighted by atomic mass is 10.3. The van der Waals surface area contributed by atoms with Crippen LogP contribution in [0.5, 0.6) is 0 Å². The van der Waals surface area contributed by atoms with Crippen LogP contribution in [0.2, 0.25) is 0 Å². The Balaban J connectivity index is 1.72. The molecule has 0 unspecified atom stereocenters. The van der Waals surface area contributed by atoms with Gasteiger partial charge in [-0.3, -0.25) is 9.20 Å². The molecule has 0 spiro atoms. The van der Waals surface area contributed by atoms with Crippen LogP contribution < -0.4 is 5.32 Å². The monoisotopic (exact) mass is 375 g/mol. The molecule has 6 nitrogen and oxygen atoms in total. The molecule has 0 radical (unpaired) electrons. The lowest BCUT2D eigenvalue weighted by molar-refractivity contribution is 0.0946. The number of pyridine rings is 1. The van der Waals surface area contributed by atoms with Gasteiger partial charge in [0.15, 0.2) is 0 Å². The molecule has 7 heteroatoms. The number of fused-ring (bicyclic) bond motifs is 1. The number of carbonyl (C=O) groups is 1. The summed E-state index contributed by atoms with van der Waals surface area (Å²) in [5, 5.41) is 2.97. The van der Waals surface area contributed by atoms with Gasteiger partial charge in [-0.1, -0.05) is 0 Å². The lowest BCUT2D eigenvalue weighted by Gasteiger charge is -2.07. The highest BCUT2D eigenvalue weighted by atomic mass is 79.9. The average Bonchev–Trinajstić information content (AvgIpc) is 3.11. The van der Waals surface area contributed by atoms with Gasteiger partial charge < -0.3 is 9.88 Å². The number of carbonyl (C=O) groups excluding carboxylic acids is 1. The van der Waals surface area contributed by atoms with Crippen molar-refractivity contribution in [1.29, 1.82) is 0 Å². The first-order valence-electron chi connectivity index (χ1n) is 7.45. The van der Waals surface area contributed by atoms with Crippen molar-refractivity contribution < 1.29 is 4.79 Å². The molecule has 1 N–H and O–H groups in total. The van der Waals surface area contributed by atoms with E-state index in [1.807, 2.05) is 41.3 Å². The van der Waals surface area contributed by atoms with Crippen LogP contribution in [0.3, 0.4) is 0 Å². The van der Waals surface area contributed by atoms with E-state index in [4.69, 9.17) is 0 Å². The molecule has 3 aromatic heterocycles. The molecule has 120 valence electrons. The highest BCUT2D eigenvalue weighted by molar-refractivity contribution is 9.10. The number of hydrogen-bond donors (Lipinski definition) is 1. The fraction of sp³-hybridized carbons (Fsp3) is 0.312. The number of aromatic nitrogens is 4. The number of halogens is 1. The van der Waals surface area contributed by atoms with E-state index in [2.05, 4.69) is 31.2 Å². The Labute approximate surface area is 142 Å². The number of nitrogens with zero attached hydrogens (tertiary/aromatic N) is 4. The third-order valence-corrected chi connectivity index (χ3v) is 4.13. The molecule has 0 aliphatic heterocycles. The van der Waals surface area contributed by atoms with E-state index in [0.717, 1.165) is 34.3 Å². The Morgan fingerprint density at radius 1 is 1.39 bits per heavy atom. The number of imidazole rings is 2. The molecule has 0 aliphatic carbocycles. The average molecular weight is 376 g/mol. The van der Waals surface area contributed by atoms with Crippen LogP contribution in [0.4, 0.5) is 0 Å². The summed E-state index contributed by atoms with van der Waals surface area (Å²) in [5.74, 6) is -0.0990. The van der Waals surface area contributed by atoms with Gasteiger partial charge in [-0.25, -0.2) is 9.97 Å². The molecule has 0 saturated carbocycles. The summed E-state index contributed by atoms with van der Waals surface area (Å²) in [4.78, 5) is 21.0. The van der Waals surface area contributed by atoms with Crippen LogP contribution in [0.15, 0.2) is 35.5 Å². The van der Waals surface area contributed by atoms with Gasteiger partial charge in [0, 0.05) is 36.2 Å². The van der Waals surface area contributed by atoms with Gasteiger partial charge in [-0.15, -0.1) is 0 Å². The number of nitrogens with one attached hydrogen (secondary N) is 1. The van der Waals surface area contributed by atoms with Crippen molar-refractivity contribution in [3.05, 3.63) is 52.4 Å². The maximum Gasteiger partial charge on any atom is 0.270 e. The first-order valence-corrected chi connectivity index (χ1v) is 8.24. The third kappa shape index (κ3) is 3.29. The van der Waals surface area contributed by atoms with Crippen LogP contribution in [-0.4, -0.2) is 31.4 Å². The number of aryl methyl sites for hydroxylation is 3. The van der Waals surface area contributed by atoms with Gasteiger partial charge in [-0.2, -0.15) is 0 Å². The van der Waals surface area contributed by atoms with E-state index in [9.17, 15) is 4.79 Å². The van der Waals surface area contributed by atoms with Crippen LogP contribution in [0, 0.1) is 13.8 Å². The van der Waals surface area contributed by atoms with E-state index in [1.54, 1.807) is 12.5 Å². The maximum atomic E-state index is 12.5. The van der Waals surface area contributed by atoms with Gasteiger partial charge >= 0.3 is 0 Å². The van der Waals surface area contributed by atoms with Crippen molar-refractivity contribution in [3.63, 3.8) is 0 Å². The van der Waals surface area contributed by atoms with E-state index in [0.29, 0.717) is 12.2 Å². The van der Waals surface area contributed by atoms with E-state index < -0.39 is 0 Å². The van der Waals surface area contributed by atoms with Gasteiger partial charge in [0.2, 0.25) is 0 Å². The minimum Gasteiger partial charge on any atom is -0.351 e. The molecule has 3 aromatic rings. The predicted octanol–water partition coefficient (Wildman–Crippen LogP) is 2.73. The van der Waals surface area contributed by atoms with Gasteiger partial charge in [-0.05, 0) is 47.8 Å². The summed E-state index contributed by atoms with van der Waals surface area (Å²) in [6.07, 6.45) is 8.16. The molecule has 0 aliphatic rings. The standard InChI is InChI=1S/C16H18BrN5O/c1-11-8-13(17)9-22-14(12(2)20-15(11)22)16(23)19-4-3-6-21-7-5-18-10-21/h5,7-10H,3-4,6H2,1-2H3,(H,19,23). The first kappa shape index (κ1) is 15.7. The van der Waals surface area contributed by atoms with Crippen LogP contribution in [0.1, 0.15) is 28.2 Å². The summed E-state index contributed by atoms with van der Waals surface area (Å²) < 4.78 is 4.76. The second kappa shape index (κ2) is 6.54. The zero-order valence-electron chi connectivity index (χ0n) is 13.1. The van der Waals surface area contributed by atoms with Crippen molar-refractivity contribution in [2.24, 2.45) is 0 Å². The predicted molar refractivity (Wildman–Crippen MR) is 91.5 cm³/mol. The van der Waals surface area contributed by atoms with E-state index >= 15 is 0 Å². The first-order chi connectivity index (χ1) is 11.1. The Bertz CT molecular complexity index is 838. The Morgan fingerprint density at radius 3 is 2.96 bits per heavy atom. The third-order valence-electron chi connectivity index (χ3n) is 3.70. The molecular weight excluding hydrogens is 358 g/mol. The molecule has 3 heterocycles. The molecule has 0 aromatic carbocycles. The molecule has 0 saturated heterocycles. The largest absolute Gasteiger partial charge is 0.351 e. The van der Waals surface area contributed by atoms with Gasteiger partial charge in [0.1, 0.15) is 11.3 Å². The van der Waals surface area contributed by atoms with Crippen LogP contribution in [0.25, 0.3) is 5.65 Å². The minimum absolute atomic E-state index is 0.0990. The Morgan fingerprint density at radius 2 is 2.22 bits per heavy atom. The van der Waals surface area contributed by atoms with Crippen LogP contribution in [-0.2, 0) is 6.54 Å². The summed E-state index contributed by atoms with van der Waals surface area (Å²) in [6, 6.07) is 1.99. The highest BCUT2D eigenvalue weighted by Crippen LogP contribution is 2.20. The molecule has 23 heavy (non-hydrogen) atoms. The quantitative estimate of drug-likeness (QED) is 0.697. The van der Waals surface area contributed by atoms with Crippen molar-refractivity contribution in [2.75, 3.05) is 6.54 Å². The molecule has 1 amide bonds. The van der Waals surface area contributed by atoms with Gasteiger partial charge in [0.25, 0.3) is 5.91 Å². The number of amides is 1. The minimum atomic E-state index is -0.0990. The summed E-state index contributed by atoms with van der Waals surface area (Å²) in [5.41, 5.74) is 3.17. The molecule has 0 fully saturated rings. The van der Waals surface area contributed by atoms with Crippen LogP contribution >= 0.6 is 15.9 Å². The fourth-order valence-electron chi connectivity index (χ4n) is 2.62. The lowest BCUT2D eigenvalue weighted by Crippen LogP contribution is -2.27. The molecule has 3 rings (SSSR count). The van der Waals surface area contributed by atoms with Gasteiger partial charge in [0.05, 0.1) is 12.0 Å². The zero-order valence-corrected chi connectivity index (χ0v) is 14.7. The topological polar surface area (TPSA) is 64.2 Å². The molecule has 0 bridgehead atoms. The SMILES string of the molecule is Cc1nc2c(C)cc(Br)cn2c1C(=O)NCCCn1ccnc1. The second-order valence-corrected chi connectivity index (χ2v) is 6.41. The Hall–Kier alpha value is -2.15. The maximum absolute atomic E-state index is 12.5. The van der Waals surface area contributed by atoms with Crippen molar-refractivity contribution in [2.45, 2.75) is 26.8 Å². The summed E-state index contributed by atoms with van der Waals surface area (Å²) >= 11 is 3.47. The normalized spacial score (nSPS) is 11.1. The Kier molecular flexibility index (Phi) is 4.47. The molecule has 0 atom stereocenters. The second-order valence-electron chi connectivity index (χ2n) is 5.49. The zero-order chi connectivity index (χ0) is 16.4. The smallest absolute Gasteiger partial charge is 0.270 e. The number of hydrogen-bond acceptors (Lipinski definition) is 3. The van der Waals surface area contributed by atoms with E-state index in [1.165, 1.54) is 0 Å². The van der Waals surface area contributed by atoms with Crippen molar-refractivity contribution >= 4 is 27.5 Å². The van der Waals surface area contributed by atoms with E-state index in [-0.39, 0.29) is 5.91 Å².